The second-order valence-electron chi connectivity index (χ2n) is 6.09. The maximum Gasteiger partial charge on any atom is 0.223 e. The minimum atomic E-state index is 0.117. The van der Waals surface area contributed by atoms with Gasteiger partial charge in [-0.25, -0.2) is 0 Å². The number of hydrogen-bond acceptors (Lipinski definition) is 3. The first kappa shape index (κ1) is 14.5. The van der Waals surface area contributed by atoms with E-state index >= 15 is 0 Å². The second kappa shape index (κ2) is 7.05. The van der Waals surface area contributed by atoms with Crippen LogP contribution in [0.3, 0.4) is 0 Å². The molecule has 1 unspecified atom stereocenters. The van der Waals surface area contributed by atoms with Gasteiger partial charge in [0.25, 0.3) is 0 Å². The van der Waals surface area contributed by atoms with E-state index in [1.54, 1.807) is 0 Å². The zero-order chi connectivity index (χ0) is 14.5. The maximum absolute atomic E-state index is 11.9. The average Bonchev–Trinajstić information content (AvgIpc) is 2.45. The fourth-order valence-corrected chi connectivity index (χ4v) is 2.92. The molecule has 0 spiro atoms. The van der Waals surface area contributed by atoms with Crippen molar-refractivity contribution in [2.75, 3.05) is 26.2 Å². The van der Waals surface area contributed by atoms with Gasteiger partial charge in [0.05, 0.1) is 12.7 Å². The van der Waals surface area contributed by atoms with Gasteiger partial charge in [0.15, 0.2) is 0 Å². The molecule has 1 aromatic rings. The quantitative estimate of drug-likeness (QED) is 0.898. The second-order valence-corrected chi connectivity index (χ2v) is 6.09. The summed E-state index contributed by atoms with van der Waals surface area (Å²) in [5.74, 6) is 0.471. The number of ether oxygens (including phenoxy) is 1. The SMILES string of the molecule is O=C(NCC1CN(Cc2ccccc2)CCO1)C1CCC1. The third-order valence-corrected chi connectivity index (χ3v) is 4.45. The Morgan fingerprint density at radius 3 is 2.81 bits per heavy atom. The summed E-state index contributed by atoms with van der Waals surface area (Å²) >= 11 is 0. The third-order valence-electron chi connectivity index (χ3n) is 4.45. The van der Waals surface area contributed by atoms with Crippen molar-refractivity contribution in [2.45, 2.75) is 31.9 Å². The monoisotopic (exact) mass is 288 g/mol. The number of carbonyl (C=O) groups is 1. The Kier molecular flexibility index (Phi) is 4.88. The molecule has 1 saturated heterocycles. The molecule has 21 heavy (non-hydrogen) atoms. The number of morpholine rings is 1. The Morgan fingerprint density at radius 1 is 1.29 bits per heavy atom. The van der Waals surface area contributed by atoms with Gasteiger partial charge in [-0.05, 0) is 18.4 Å². The van der Waals surface area contributed by atoms with E-state index in [9.17, 15) is 4.79 Å². The van der Waals surface area contributed by atoms with Gasteiger partial charge in [0.2, 0.25) is 5.91 Å². The summed E-state index contributed by atoms with van der Waals surface area (Å²) < 4.78 is 5.77. The minimum absolute atomic E-state index is 0.117. The number of amides is 1. The molecule has 114 valence electrons. The molecule has 1 N–H and O–H groups in total. The van der Waals surface area contributed by atoms with E-state index < -0.39 is 0 Å². The van der Waals surface area contributed by atoms with Crippen molar-refractivity contribution in [3.05, 3.63) is 35.9 Å². The van der Waals surface area contributed by atoms with Crippen LogP contribution in [-0.4, -0.2) is 43.2 Å². The predicted molar refractivity (Wildman–Crippen MR) is 81.8 cm³/mol. The van der Waals surface area contributed by atoms with E-state index in [0.717, 1.165) is 39.1 Å². The summed E-state index contributed by atoms with van der Waals surface area (Å²) in [5.41, 5.74) is 1.33. The fourth-order valence-electron chi connectivity index (χ4n) is 2.92. The lowest BCUT2D eigenvalue weighted by atomic mass is 9.85. The van der Waals surface area contributed by atoms with Crippen LogP contribution >= 0.6 is 0 Å². The van der Waals surface area contributed by atoms with Crippen LogP contribution in [-0.2, 0) is 16.1 Å². The summed E-state index contributed by atoms with van der Waals surface area (Å²) in [4.78, 5) is 14.3. The van der Waals surface area contributed by atoms with Gasteiger partial charge in [-0.3, -0.25) is 9.69 Å². The molecule has 1 amide bonds. The van der Waals surface area contributed by atoms with E-state index in [2.05, 4.69) is 34.5 Å². The summed E-state index contributed by atoms with van der Waals surface area (Å²) in [6.07, 6.45) is 3.42. The number of nitrogens with zero attached hydrogens (tertiary/aromatic N) is 1. The van der Waals surface area contributed by atoms with Gasteiger partial charge in [0.1, 0.15) is 0 Å². The highest BCUT2D eigenvalue weighted by Crippen LogP contribution is 2.26. The van der Waals surface area contributed by atoms with E-state index in [1.807, 2.05) is 6.07 Å². The van der Waals surface area contributed by atoms with Gasteiger partial charge in [-0.1, -0.05) is 36.8 Å². The van der Waals surface area contributed by atoms with Crippen LogP contribution < -0.4 is 5.32 Å². The highest BCUT2D eigenvalue weighted by molar-refractivity contribution is 5.79. The minimum Gasteiger partial charge on any atom is -0.374 e. The van der Waals surface area contributed by atoms with Crippen LogP contribution in [0.15, 0.2) is 30.3 Å². The van der Waals surface area contributed by atoms with Crippen molar-refractivity contribution in [1.29, 1.82) is 0 Å². The highest BCUT2D eigenvalue weighted by Gasteiger charge is 2.26. The van der Waals surface area contributed by atoms with Crippen LogP contribution in [0.1, 0.15) is 24.8 Å². The van der Waals surface area contributed by atoms with Crippen LogP contribution in [0, 0.1) is 5.92 Å². The van der Waals surface area contributed by atoms with Crippen molar-refractivity contribution in [1.82, 2.24) is 10.2 Å². The first-order valence-electron chi connectivity index (χ1n) is 7.97. The molecule has 1 atom stereocenters. The van der Waals surface area contributed by atoms with Gasteiger partial charge in [-0.15, -0.1) is 0 Å². The Morgan fingerprint density at radius 2 is 2.10 bits per heavy atom. The van der Waals surface area contributed by atoms with E-state index in [4.69, 9.17) is 4.74 Å². The number of rotatable bonds is 5. The lowest BCUT2D eigenvalue weighted by Crippen LogP contribution is -2.48. The fraction of sp³-hybridized carbons (Fsp3) is 0.588. The molecule has 1 heterocycles. The van der Waals surface area contributed by atoms with Crippen molar-refractivity contribution in [3.8, 4) is 0 Å². The zero-order valence-corrected chi connectivity index (χ0v) is 12.5. The summed E-state index contributed by atoms with van der Waals surface area (Å²) in [5, 5.41) is 3.05. The molecular formula is C17H24N2O2. The van der Waals surface area contributed by atoms with Crippen LogP contribution in [0.5, 0.6) is 0 Å². The molecule has 1 aliphatic heterocycles. The molecule has 1 aliphatic carbocycles. The van der Waals surface area contributed by atoms with Gasteiger partial charge < -0.3 is 10.1 Å². The summed E-state index contributed by atoms with van der Waals surface area (Å²) in [7, 11) is 0. The molecule has 0 radical (unpaired) electrons. The highest BCUT2D eigenvalue weighted by atomic mass is 16.5. The molecule has 1 aromatic carbocycles. The first-order chi connectivity index (χ1) is 10.3. The van der Waals surface area contributed by atoms with Crippen molar-refractivity contribution in [3.63, 3.8) is 0 Å². The largest absolute Gasteiger partial charge is 0.374 e. The third kappa shape index (κ3) is 4.05. The van der Waals surface area contributed by atoms with E-state index in [1.165, 1.54) is 12.0 Å². The molecule has 4 heteroatoms. The van der Waals surface area contributed by atoms with E-state index in [-0.39, 0.29) is 17.9 Å². The first-order valence-corrected chi connectivity index (χ1v) is 7.97. The Bertz CT molecular complexity index is 459. The number of benzene rings is 1. The molecule has 1 saturated carbocycles. The van der Waals surface area contributed by atoms with Crippen LogP contribution in [0.25, 0.3) is 0 Å². The van der Waals surface area contributed by atoms with Crippen LogP contribution in [0.2, 0.25) is 0 Å². The number of carbonyl (C=O) groups excluding carboxylic acids is 1. The molecule has 0 bridgehead atoms. The average molecular weight is 288 g/mol. The van der Waals surface area contributed by atoms with E-state index in [0.29, 0.717) is 6.54 Å². The standard InChI is InChI=1S/C17H24N2O2/c20-17(15-7-4-8-15)18-11-16-13-19(9-10-21-16)12-14-5-2-1-3-6-14/h1-3,5-6,15-16H,4,7-13H2,(H,18,20). The molecule has 3 rings (SSSR count). The van der Waals surface area contributed by atoms with Gasteiger partial charge in [-0.2, -0.15) is 0 Å². The van der Waals surface area contributed by atoms with Gasteiger partial charge in [0, 0.05) is 32.1 Å². The summed E-state index contributed by atoms with van der Waals surface area (Å²) in [6, 6.07) is 10.5. The lowest BCUT2D eigenvalue weighted by Gasteiger charge is -2.33. The Balaban J connectivity index is 1.43. The molecule has 4 nitrogen and oxygen atoms in total. The molecular weight excluding hydrogens is 264 g/mol. The maximum atomic E-state index is 11.9. The number of nitrogens with one attached hydrogen (secondary N) is 1. The topological polar surface area (TPSA) is 41.6 Å². The van der Waals surface area contributed by atoms with Crippen molar-refractivity contribution in [2.24, 2.45) is 5.92 Å². The zero-order valence-electron chi connectivity index (χ0n) is 12.5. The predicted octanol–water partition coefficient (Wildman–Crippen LogP) is 1.80. The molecule has 2 fully saturated rings. The van der Waals surface area contributed by atoms with Gasteiger partial charge >= 0.3 is 0 Å². The lowest BCUT2D eigenvalue weighted by molar-refractivity contribution is -0.128. The molecule has 0 aromatic heterocycles. The van der Waals surface area contributed by atoms with Crippen molar-refractivity contribution >= 4 is 5.91 Å². The van der Waals surface area contributed by atoms with Crippen molar-refractivity contribution < 1.29 is 9.53 Å². The number of hydrogen-bond donors (Lipinski definition) is 1. The Labute approximate surface area is 126 Å². The van der Waals surface area contributed by atoms with Crippen LogP contribution in [0.4, 0.5) is 0 Å². The smallest absolute Gasteiger partial charge is 0.223 e. The molecule has 2 aliphatic rings. The summed E-state index contributed by atoms with van der Waals surface area (Å²) in [6.45, 7) is 4.19. The Hall–Kier alpha value is -1.39. The normalized spacial score (nSPS) is 23.5.